The summed E-state index contributed by atoms with van der Waals surface area (Å²) in [5.41, 5.74) is 50.1. The van der Waals surface area contributed by atoms with Crippen molar-refractivity contribution in [3.63, 3.8) is 0 Å². The van der Waals surface area contributed by atoms with Gasteiger partial charge in [-0.2, -0.15) is 0 Å². The molecule has 94 heavy (non-hydrogen) atoms. The molecule has 0 radical (unpaired) electrons. The Morgan fingerprint density at radius 2 is 0.755 bits per heavy atom. The summed E-state index contributed by atoms with van der Waals surface area (Å²) in [6, 6.07) is 12.9. The van der Waals surface area contributed by atoms with E-state index < -0.39 is 83.6 Å². The largest absolute Gasteiger partial charge is 0.370 e. The van der Waals surface area contributed by atoms with Crippen LogP contribution in [0.15, 0.2) is 106 Å². The second-order valence-corrected chi connectivity index (χ2v) is 23.4. The number of nitrogens with one attached hydrogen (secondary N) is 10. The number of aliphatic imine (C=N–C) groups is 3. The van der Waals surface area contributed by atoms with Gasteiger partial charge in [0.15, 0.2) is 17.9 Å². The number of nitrogens with two attached hydrogens (primary N) is 8. The third-order valence-corrected chi connectivity index (χ3v) is 16.1. The van der Waals surface area contributed by atoms with E-state index in [0.717, 1.165) is 64.8 Å². The number of rotatable bonds is 42. The minimum atomic E-state index is -1.46. The normalized spacial score (nSPS) is 13.4. The number of hydrogen-bond donors (Lipinski definition) is 18. The molecule has 29 heteroatoms. The first-order chi connectivity index (χ1) is 45.2. The molecule has 3 aromatic heterocycles. The first-order valence-corrected chi connectivity index (χ1v) is 32.2. The zero-order valence-electron chi connectivity index (χ0n) is 53.5. The van der Waals surface area contributed by atoms with Crippen molar-refractivity contribution >= 4 is 97.8 Å². The maximum atomic E-state index is 15.2. The first kappa shape index (κ1) is 72.9. The number of amides is 8. The van der Waals surface area contributed by atoms with E-state index >= 15 is 14.4 Å². The molecule has 0 aliphatic rings. The summed E-state index contributed by atoms with van der Waals surface area (Å²) in [5, 5.41) is 22.1. The van der Waals surface area contributed by atoms with E-state index in [2.05, 4.69) is 74.1 Å². The van der Waals surface area contributed by atoms with Gasteiger partial charge in [-0.1, -0.05) is 87.2 Å². The van der Waals surface area contributed by atoms with Crippen molar-refractivity contribution in [1.29, 1.82) is 0 Å². The highest BCUT2D eigenvalue weighted by atomic mass is 16.2. The van der Waals surface area contributed by atoms with Gasteiger partial charge < -0.3 is 98.0 Å². The number of aromatic nitrogens is 3. The molecule has 508 valence electrons. The molecule has 0 fully saturated rings. The van der Waals surface area contributed by atoms with Crippen LogP contribution in [0.1, 0.15) is 120 Å². The Balaban J connectivity index is 1.28. The van der Waals surface area contributed by atoms with Crippen molar-refractivity contribution in [2.75, 3.05) is 26.2 Å². The summed E-state index contributed by atoms with van der Waals surface area (Å²) in [5.74, 6) is -6.03. The van der Waals surface area contributed by atoms with Crippen molar-refractivity contribution in [2.45, 2.75) is 165 Å². The summed E-state index contributed by atoms with van der Waals surface area (Å²) in [7, 11) is 0. The van der Waals surface area contributed by atoms with Gasteiger partial charge >= 0.3 is 0 Å². The highest BCUT2D eigenvalue weighted by Gasteiger charge is 2.35. The van der Waals surface area contributed by atoms with Gasteiger partial charge in [0.1, 0.15) is 36.3 Å². The van der Waals surface area contributed by atoms with Crippen molar-refractivity contribution in [3.8, 4) is 0 Å². The number of para-hydroxylation sites is 3. The monoisotopic (exact) mass is 1300 g/mol. The molecule has 0 aliphatic carbocycles. The number of hydrogen-bond acceptors (Lipinski definition) is 12. The van der Waals surface area contributed by atoms with E-state index in [1.165, 1.54) is 0 Å². The molecule has 0 spiro atoms. The Labute approximate surface area is 546 Å². The maximum absolute atomic E-state index is 15.2. The van der Waals surface area contributed by atoms with Gasteiger partial charge in [0.2, 0.25) is 47.3 Å². The van der Waals surface area contributed by atoms with Crippen LogP contribution in [0.5, 0.6) is 0 Å². The molecule has 6 rings (SSSR count). The minimum Gasteiger partial charge on any atom is -0.370 e. The van der Waals surface area contributed by atoms with E-state index in [9.17, 15) is 24.0 Å². The molecule has 3 heterocycles. The lowest BCUT2D eigenvalue weighted by Gasteiger charge is -2.28. The number of benzene rings is 3. The Bertz CT molecular complexity index is 3560. The Hall–Kier alpha value is -10.2. The third kappa shape index (κ3) is 23.8. The number of primary amides is 1. The zero-order chi connectivity index (χ0) is 67.9. The standard InChI is InChI=1S/C65H95N21O8/c1-2-3-4-5-6-28-55(87)74-29-14-13-25-49(56(67)88)81-60(92)53(34-40-37-79-47-23-11-8-19-43(40)47)85-58(90)51(27-17-32-77-65(72)73)83-62(94)54(35-41-38-80-48-24-12-9-20-44(41)48)86-59(91)50(26-16-31-76-64(70)71)82-61(93)52(33-39-36-78-46-22-10-7-18-42(39)46)84-57(89)45(66)21-15-30-75-63(68)69/h7-12,18-20,22-24,36-38,45,49-54,78-80H,2-6,13-17,21,25-35,66H2,1H3,(H2,67,88)(H,74,87)(H,81,92)(H,82,93)(H,83,94)(H,84,89)(H,85,90)(H,86,91)(H4,68,69,75)(H4,70,71,76)(H4,72,73,77)/t45-,49+,50-,51+,52+,53-,54-/m1/s1. The van der Waals surface area contributed by atoms with Crippen LogP contribution in [0.4, 0.5) is 0 Å². The summed E-state index contributed by atoms with van der Waals surface area (Å²) >= 11 is 0. The van der Waals surface area contributed by atoms with Crippen LogP contribution < -0.4 is 83.1 Å². The van der Waals surface area contributed by atoms with Crippen LogP contribution in [-0.4, -0.2) is 149 Å². The van der Waals surface area contributed by atoms with Gasteiger partial charge in [0.05, 0.1) is 6.04 Å². The average Bonchev–Trinajstić information content (AvgIpc) is 1.67. The van der Waals surface area contributed by atoms with E-state index in [0.29, 0.717) is 48.9 Å². The molecule has 3 aromatic carbocycles. The molecule has 7 atom stereocenters. The maximum Gasteiger partial charge on any atom is 0.243 e. The van der Waals surface area contributed by atoms with Crippen LogP contribution in [0.25, 0.3) is 32.7 Å². The van der Waals surface area contributed by atoms with Crippen LogP contribution in [-0.2, 0) is 57.6 Å². The number of unbranched alkanes of at least 4 members (excludes halogenated alkanes) is 5. The van der Waals surface area contributed by atoms with Gasteiger partial charge in [-0.05, 0) is 99.1 Å². The Morgan fingerprint density at radius 1 is 0.404 bits per heavy atom. The van der Waals surface area contributed by atoms with E-state index in [-0.39, 0.29) is 101 Å². The second kappa shape index (κ2) is 38.0. The number of carbonyl (C=O) groups excluding carboxylic acids is 8. The van der Waals surface area contributed by atoms with Crippen molar-refractivity contribution < 1.29 is 38.4 Å². The third-order valence-electron chi connectivity index (χ3n) is 16.1. The quantitative estimate of drug-likeness (QED) is 0.0142. The number of carbonyl (C=O) groups is 8. The summed E-state index contributed by atoms with van der Waals surface area (Å²) < 4.78 is 0. The molecular formula is C65H95N21O8. The molecule has 0 unspecified atom stereocenters. The van der Waals surface area contributed by atoms with Crippen LogP contribution >= 0.6 is 0 Å². The van der Waals surface area contributed by atoms with Gasteiger partial charge in [0, 0.05) is 103 Å². The second-order valence-electron chi connectivity index (χ2n) is 23.4. The fraction of sp³-hybridized carbons (Fsp3) is 0.462. The first-order valence-electron chi connectivity index (χ1n) is 32.2. The fourth-order valence-electron chi connectivity index (χ4n) is 11.0. The molecule has 29 nitrogen and oxygen atoms in total. The SMILES string of the molecule is CCCCCCCC(=O)NCCCC[C@H](NC(=O)[C@@H](Cc1c[nH]c2ccccc12)NC(=O)[C@H](CCCN=C(N)N)NC(=O)[C@@H](Cc1c[nH]c2ccccc12)NC(=O)[C@@H](CCCN=C(N)N)NC(=O)[C@H](Cc1c[nH]c2ccccc12)NC(=O)[C@H](N)CCCN=C(N)N)C(N)=O. The van der Waals surface area contributed by atoms with Gasteiger partial charge in [-0.25, -0.2) is 0 Å². The molecule has 0 saturated carbocycles. The molecule has 0 saturated heterocycles. The summed E-state index contributed by atoms with van der Waals surface area (Å²) in [6.45, 7) is 2.79. The average molecular weight is 1300 g/mol. The molecule has 0 bridgehead atoms. The fourth-order valence-corrected chi connectivity index (χ4v) is 11.0. The molecule has 0 aliphatic heterocycles. The molecule has 26 N–H and O–H groups in total. The lowest BCUT2D eigenvalue weighted by Crippen LogP contribution is -2.60. The molecular weight excluding hydrogens is 1200 g/mol. The summed E-state index contributed by atoms with van der Waals surface area (Å²) in [4.78, 5) is 136. The van der Waals surface area contributed by atoms with Crippen LogP contribution in [0.2, 0.25) is 0 Å². The van der Waals surface area contributed by atoms with Gasteiger partial charge in [-0.15, -0.1) is 0 Å². The predicted octanol–water partition coefficient (Wildman–Crippen LogP) is 0.688. The lowest BCUT2D eigenvalue weighted by atomic mass is 10.0. The van der Waals surface area contributed by atoms with Crippen molar-refractivity contribution in [2.24, 2.45) is 60.8 Å². The Kier molecular flexibility index (Phi) is 29.4. The number of fused-ring (bicyclic) bond motifs is 3. The van der Waals surface area contributed by atoms with E-state index in [4.69, 9.17) is 45.9 Å². The number of aromatic amines is 3. The number of H-pyrrole nitrogens is 3. The number of nitrogens with zero attached hydrogens (tertiary/aromatic N) is 3. The smallest absolute Gasteiger partial charge is 0.243 e. The summed E-state index contributed by atoms with van der Waals surface area (Å²) in [6.07, 6.45) is 12.1. The lowest BCUT2D eigenvalue weighted by molar-refractivity contribution is -0.135. The zero-order valence-corrected chi connectivity index (χ0v) is 53.5. The van der Waals surface area contributed by atoms with Crippen LogP contribution in [0.3, 0.4) is 0 Å². The van der Waals surface area contributed by atoms with Crippen molar-refractivity contribution in [3.05, 3.63) is 108 Å². The van der Waals surface area contributed by atoms with Crippen LogP contribution in [0, 0.1) is 0 Å². The van der Waals surface area contributed by atoms with E-state index in [1.54, 1.807) is 18.6 Å². The predicted molar refractivity (Wildman–Crippen MR) is 365 cm³/mol. The number of guanidine groups is 3. The van der Waals surface area contributed by atoms with Gasteiger partial charge in [-0.3, -0.25) is 53.3 Å². The Morgan fingerprint density at radius 3 is 1.16 bits per heavy atom. The van der Waals surface area contributed by atoms with Crippen molar-refractivity contribution in [1.82, 2.24) is 52.2 Å². The molecule has 6 aromatic rings. The minimum absolute atomic E-state index is 0.0358. The highest BCUT2D eigenvalue weighted by Crippen LogP contribution is 2.23. The van der Waals surface area contributed by atoms with E-state index in [1.807, 2.05) is 72.8 Å². The topological polar surface area (TPSA) is 513 Å². The molecule has 8 amide bonds. The van der Waals surface area contributed by atoms with Gasteiger partial charge in [0.25, 0.3) is 0 Å². The highest BCUT2D eigenvalue weighted by molar-refractivity contribution is 5.99.